The van der Waals surface area contributed by atoms with Gasteiger partial charge in [0.25, 0.3) is 5.69 Å². The van der Waals surface area contributed by atoms with Crippen LogP contribution in [0.15, 0.2) is 24.3 Å². The van der Waals surface area contributed by atoms with Crippen molar-refractivity contribution in [2.75, 3.05) is 12.3 Å². The maximum Gasteiger partial charge on any atom is 0.269 e. The number of hydrogen-bond donors (Lipinski definition) is 0. The summed E-state index contributed by atoms with van der Waals surface area (Å²) in [6.07, 6.45) is 5.58. The minimum Gasteiger partial charge on any atom is -0.323 e. The van der Waals surface area contributed by atoms with Gasteiger partial charge in [-0.2, -0.15) is 0 Å². The number of nitrogens with zero attached hydrogens (tertiary/aromatic N) is 1. The fourth-order valence-corrected chi connectivity index (χ4v) is 5.32. The Kier molecular flexibility index (Phi) is 3.63. The van der Waals surface area contributed by atoms with Crippen molar-refractivity contribution in [3.63, 3.8) is 0 Å². The van der Waals surface area contributed by atoms with Gasteiger partial charge in [0, 0.05) is 30.6 Å². The SMILES string of the molecule is O=[N+]([O-])c1ccc(CP2(=O)CCCCC2)cc1. The highest BCUT2D eigenvalue weighted by atomic mass is 31.2. The van der Waals surface area contributed by atoms with Gasteiger partial charge in [-0.3, -0.25) is 10.1 Å². The smallest absolute Gasteiger partial charge is 0.269 e. The second kappa shape index (κ2) is 5.01. The summed E-state index contributed by atoms with van der Waals surface area (Å²) in [5.41, 5.74) is 1.05. The molecule has 92 valence electrons. The lowest BCUT2D eigenvalue weighted by Crippen LogP contribution is -2.05. The molecule has 1 aliphatic heterocycles. The Balaban J connectivity index is 2.08. The minimum absolute atomic E-state index is 0.0932. The molecule has 17 heavy (non-hydrogen) atoms. The molecule has 2 rings (SSSR count). The highest BCUT2D eigenvalue weighted by Crippen LogP contribution is 2.53. The van der Waals surface area contributed by atoms with E-state index in [0.717, 1.165) is 30.7 Å². The Morgan fingerprint density at radius 1 is 1.12 bits per heavy atom. The number of hydrogen-bond acceptors (Lipinski definition) is 3. The molecule has 0 atom stereocenters. The topological polar surface area (TPSA) is 60.2 Å². The van der Waals surface area contributed by atoms with Gasteiger partial charge in [-0.15, -0.1) is 0 Å². The molecule has 4 nitrogen and oxygen atoms in total. The first-order chi connectivity index (χ1) is 8.09. The fraction of sp³-hybridized carbons (Fsp3) is 0.500. The average Bonchev–Trinajstić information content (AvgIpc) is 2.30. The molecule has 1 saturated heterocycles. The monoisotopic (exact) mass is 253 g/mol. The zero-order chi connectivity index (χ0) is 12.3. The van der Waals surface area contributed by atoms with Crippen molar-refractivity contribution in [3.05, 3.63) is 39.9 Å². The van der Waals surface area contributed by atoms with E-state index in [0.29, 0.717) is 6.16 Å². The van der Waals surface area contributed by atoms with E-state index >= 15 is 0 Å². The second-order valence-corrected chi connectivity index (χ2v) is 7.97. The van der Waals surface area contributed by atoms with Crippen molar-refractivity contribution in [3.8, 4) is 0 Å². The van der Waals surface area contributed by atoms with Crippen molar-refractivity contribution in [1.29, 1.82) is 0 Å². The quantitative estimate of drug-likeness (QED) is 0.469. The van der Waals surface area contributed by atoms with Crippen molar-refractivity contribution in [1.82, 2.24) is 0 Å². The highest BCUT2D eigenvalue weighted by Gasteiger charge is 2.25. The van der Waals surface area contributed by atoms with E-state index in [4.69, 9.17) is 0 Å². The third-order valence-electron chi connectivity index (χ3n) is 3.25. The summed E-state index contributed by atoms with van der Waals surface area (Å²) >= 11 is 0. The Morgan fingerprint density at radius 2 is 1.71 bits per heavy atom. The van der Waals surface area contributed by atoms with Crippen molar-refractivity contribution >= 4 is 12.8 Å². The molecule has 0 saturated carbocycles. The summed E-state index contributed by atoms with van der Waals surface area (Å²) in [5, 5.41) is 10.5. The normalized spacial score (nSPS) is 18.8. The molecule has 5 heteroatoms. The minimum atomic E-state index is -2.04. The van der Waals surface area contributed by atoms with Gasteiger partial charge in [0.05, 0.1) is 12.1 Å². The first-order valence-electron chi connectivity index (χ1n) is 5.89. The maximum atomic E-state index is 12.5. The first-order valence-corrected chi connectivity index (χ1v) is 8.16. The lowest BCUT2D eigenvalue weighted by molar-refractivity contribution is -0.384. The summed E-state index contributed by atoms with van der Waals surface area (Å²) in [4.78, 5) is 10.1. The van der Waals surface area contributed by atoms with Crippen molar-refractivity contribution < 1.29 is 9.49 Å². The van der Waals surface area contributed by atoms with Gasteiger partial charge in [0.1, 0.15) is 0 Å². The largest absolute Gasteiger partial charge is 0.323 e. The van der Waals surface area contributed by atoms with Gasteiger partial charge in [-0.1, -0.05) is 18.6 Å². The molecule has 0 radical (unpaired) electrons. The van der Waals surface area contributed by atoms with Crippen LogP contribution in [0, 0.1) is 10.1 Å². The molecule has 0 aliphatic carbocycles. The maximum absolute atomic E-state index is 12.5. The van der Waals surface area contributed by atoms with Crippen LogP contribution in [0.25, 0.3) is 0 Å². The lowest BCUT2D eigenvalue weighted by atomic mass is 10.2. The molecule has 0 aromatic heterocycles. The molecule has 0 unspecified atom stereocenters. The van der Waals surface area contributed by atoms with E-state index in [1.807, 2.05) is 0 Å². The van der Waals surface area contributed by atoms with Crippen LogP contribution < -0.4 is 0 Å². The van der Waals surface area contributed by atoms with Gasteiger partial charge in [0.2, 0.25) is 0 Å². The lowest BCUT2D eigenvalue weighted by Gasteiger charge is -2.22. The van der Waals surface area contributed by atoms with Crippen LogP contribution in [-0.2, 0) is 10.7 Å². The number of nitro groups is 1. The van der Waals surface area contributed by atoms with Gasteiger partial charge >= 0.3 is 0 Å². The van der Waals surface area contributed by atoms with E-state index < -0.39 is 12.1 Å². The van der Waals surface area contributed by atoms with Crippen LogP contribution in [0.1, 0.15) is 24.8 Å². The van der Waals surface area contributed by atoms with E-state index in [1.165, 1.54) is 18.6 Å². The molecule has 1 heterocycles. The summed E-state index contributed by atoms with van der Waals surface area (Å²) in [6, 6.07) is 6.44. The fourth-order valence-electron chi connectivity index (χ4n) is 2.30. The number of benzene rings is 1. The predicted octanol–water partition coefficient (Wildman–Crippen LogP) is 3.64. The molecule has 0 bridgehead atoms. The molecule has 0 amide bonds. The standard InChI is InChI=1S/C12H16NO3P/c14-13(15)12-6-4-11(5-7-12)10-17(16)8-2-1-3-9-17/h4-7H,1-3,8-10H2. The van der Waals surface area contributed by atoms with Gasteiger partial charge in [0.15, 0.2) is 0 Å². The van der Waals surface area contributed by atoms with Crippen LogP contribution in [-0.4, -0.2) is 17.2 Å². The van der Waals surface area contributed by atoms with Crippen LogP contribution in [0.4, 0.5) is 5.69 Å². The van der Waals surface area contributed by atoms with E-state index in [-0.39, 0.29) is 5.69 Å². The van der Waals surface area contributed by atoms with Crippen LogP contribution in [0.5, 0.6) is 0 Å². The van der Waals surface area contributed by atoms with Crippen LogP contribution in [0.2, 0.25) is 0 Å². The number of nitro benzene ring substituents is 1. The zero-order valence-corrected chi connectivity index (χ0v) is 10.6. The molecule has 0 spiro atoms. The predicted molar refractivity (Wildman–Crippen MR) is 68.0 cm³/mol. The van der Waals surface area contributed by atoms with Crippen molar-refractivity contribution in [2.24, 2.45) is 0 Å². The van der Waals surface area contributed by atoms with Crippen molar-refractivity contribution in [2.45, 2.75) is 25.4 Å². The Morgan fingerprint density at radius 3 is 2.24 bits per heavy atom. The third-order valence-corrected chi connectivity index (χ3v) is 6.45. The van der Waals surface area contributed by atoms with Crippen LogP contribution >= 0.6 is 7.14 Å². The number of non-ortho nitro benzene ring substituents is 1. The van der Waals surface area contributed by atoms with E-state index in [9.17, 15) is 14.7 Å². The van der Waals surface area contributed by atoms with E-state index in [1.54, 1.807) is 12.1 Å². The van der Waals surface area contributed by atoms with Crippen LogP contribution in [0.3, 0.4) is 0 Å². The second-order valence-electron chi connectivity index (χ2n) is 4.65. The van der Waals surface area contributed by atoms with Gasteiger partial charge in [-0.05, 0) is 18.4 Å². The van der Waals surface area contributed by atoms with Gasteiger partial charge < -0.3 is 4.57 Å². The average molecular weight is 253 g/mol. The molecule has 1 fully saturated rings. The molecule has 1 aliphatic rings. The first kappa shape index (κ1) is 12.3. The third kappa shape index (κ3) is 3.16. The van der Waals surface area contributed by atoms with Gasteiger partial charge in [-0.25, -0.2) is 0 Å². The van der Waals surface area contributed by atoms with E-state index in [2.05, 4.69) is 0 Å². The Hall–Kier alpha value is -1.15. The zero-order valence-electron chi connectivity index (χ0n) is 9.67. The Labute approximate surface area is 101 Å². The summed E-state index contributed by atoms with van der Waals surface area (Å²) < 4.78 is 12.5. The summed E-state index contributed by atoms with van der Waals surface area (Å²) in [6.45, 7) is 0. The highest BCUT2D eigenvalue weighted by molar-refractivity contribution is 7.63. The molecular weight excluding hydrogens is 237 g/mol. The Bertz CT molecular complexity index is 445. The molecular formula is C12H16NO3P. The molecule has 1 aromatic rings. The molecule has 1 aromatic carbocycles. The summed E-state index contributed by atoms with van der Waals surface area (Å²) in [7, 11) is -2.04. The number of rotatable bonds is 3. The summed E-state index contributed by atoms with van der Waals surface area (Å²) in [5.74, 6) is 0. The molecule has 0 N–H and O–H groups in total.